The van der Waals surface area contributed by atoms with Gasteiger partial charge in [0.15, 0.2) is 0 Å². The average molecular weight is 423 g/mol. The summed E-state index contributed by atoms with van der Waals surface area (Å²) < 4.78 is 27.2. The Labute approximate surface area is 186 Å². The molecule has 0 unspecified atom stereocenters. The Morgan fingerprint density at radius 2 is 1.32 bits per heavy atom. The number of halogens is 1. The molecule has 2 aromatic rings. The molecule has 0 bridgehead atoms. The lowest BCUT2D eigenvalue weighted by Crippen LogP contribution is -2.42. The average Bonchev–Trinajstić information content (AvgIpc) is 2.92. The van der Waals surface area contributed by atoms with Crippen LogP contribution in [0.2, 0.25) is 0 Å². The predicted molar refractivity (Wildman–Crippen MR) is 125 cm³/mol. The number of hydrogen-bond donors (Lipinski definition) is 0. The Kier molecular flexibility index (Phi) is 4.65. The quantitative estimate of drug-likeness (QED) is 0.574. The van der Waals surface area contributed by atoms with Gasteiger partial charge in [0.25, 0.3) is 0 Å². The minimum Gasteiger partial charge on any atom is -0.399 e. The van der Waals surface area contributed by atoms with Crippen molar-refractivity contribution < 1.29 is 13.7 Å². The minimum absolute atomic E-state index is 0.0109. The molecule has 2 aliphatic rings. The molecule has 166 valence electrons. The third-order valence-corrected chi connectivity index (χ3v) is 9.18. The van der Waals surface area contributed by atoms with Gasteiger partial charge in [-0.3, -0.25) is 4.98 Å². The summed E-state index contributed by atoms with van der Waals surface area (Å²) in [5, 5.41) is 0. The lowest BCUT2D eigenvalue weighted by atomic mass is 9.59. The zero-order valence-electron chi connectivity index (χ0n) is 20.6. The Balaban J connectivity index is 1.72. The second kappa shape index (κ2) is 6.42. The molecule has 1 aromatic heterocycles. The van der Waals surface area contributed by atoms with Crippen LogP contribution in [0.25, 0.3) is 11.3 Å². The molecule has 0 radical (unpaired) electrons. The molecule has 1 aliphatic heterocycles. The van der Waals surface area contributed by atoms with Gasteiger partial charge in [-0.1, -0.05) is 53.7 Å². The van der Waals surface area contributed by atoms with Crippen molar-refractivity contribution in [1.82, 2.24) is 4.98 Å². The maximum Gasteiger partial charge on any atom is 0.499 e. The van der Waals surface area contributed by atoms with Crippen molar-refractivity contribution in [3.8, 4) is 11.3 Å². The standard InChI is InChI=1S/C26H35BFNO2/c1-22(2)17-12-11-16(13-18(17)23(3,4)24(22,5)6)21-14-20(28)19(15-29-21)27-30-25(7,8)26(9,10)31-27/h11-15H,1-10H3. The lowest BCUT2D eigenvalue weighted by Gasteiger charge is -2.44. The largest absolute Gasteiger partial charge is 0.499 e. The van der Waals surface area contributed by atoms with Crippen LogP contribution in [0.5, 0.6) is 0 Å². The minimum atomic E-state index is -0.757. The molecule has 1 aliphatic carbocycles. The van der Waals surface area contributed by atoms with Crippen molar-refractivity contribution in [2.24, 2.45) is 5.41 Å². The number of fused-ring (bicyclic) bond motifs is 1. The summed E-state index contributed by atoms with van der Waals surface area (Å²) in [5.41, 5.74) is 3.65. The van der Waals surface area contributed by atoms with Crippen molar-refractivity contribution >= 4 is 12.6 Å². The highest BCUT2D eigenvalue weighted by Crippen LogP contribution is 2.61. The van der Waals surface area contributed by atoms with Gasteiger partial charge in [-0.15, -0.1) is 0 Å². The molecule has 1 fully saturated rings. The number of nitrogens with zero attached hydrogens (tertiary/aromatic N) is 1. The summed E-state index contributed by atoms with van der Waals surface area (Å²) in [6.45, 7) is 21.8. The van der Waals surface area contributed by atoms with Gasteiger partial charge < -0.3 is 9.31 Å². The van der Waals surface area contributed by atoms with E-state index in [9.17, 15) is 0 Å². The summed E-state index contributed by atoms with van der Waals surface area (Å²) >= 11 is 0. The Hall–Kier alpha value is -1.72. The molecule has 0 atom stereocenters. The van der Waals surface area contributed by atoms with E-state index in [2.05, 4.69) is 64.7 Å². The molecule has 0 spiro atoms. The summed E-state index contributed by atoms with van der Waals surface area (Å²) in [7, 11) is -0.757. The fourth-order valence-corrected chi connectivity index (χ4v) is 4.96. The number of hydrogen-bond acceptors (Lipinski definition) is 3. The number of pyridine rings is 1. The first-order valence-electron chi connectivity index (χ1n) is 11.2. The van der Waals surface area contributed by atoms with Crippen LogP contribution in [0.3, 0.4) is 0 Å². The van der Waals surface area contributed by atoms with Crippen LogP contribution in [-0.4, -0.2) is 23.3 Å². The predicted octanol–water partition coefficient (Wildman–Crippen LogP) is 5.78. The third kappa shape index (κ3) is 2.96. The highest BCUT2D eigenvalue weighted by Gasteiger charge is 2.57. The van der Waals surface area contributed by atoms with Gasteiger partial charge in [-0.05, 0) is 67.2 Å². The zero-order chi connectivity index (χ0) is 23.2. The molecule has 4 rings (SSSR count). The van der Waals surface area contributed by atoms with Gasteiger partial charge in [0.05, 0.1) is 16.9 Å². The van der Waals surface area contributed by atoms with E-state index < -0.39 is 18.3 Å². The van der Waals surface area contributed by atoms with Gasteiger partial charge in [-0.2, -0.15) is 0 Å². The molecule has 3 nitrogen and oxygen atoms in total. The Morgan fingerprint density at radius 1 is 0.774 bits per heavy atom. The molecule has 0 N–H and O–H groups in total. The summed E-state index contributed by atoms with van der Waals surface area (Å²) in [5.74, 6) is -0.357. The van der Waals surface area contributed by atoms with Gasteiger partial charge >= 0.3 is 7.12 Å². The number of aromatic nitrogens is 1. The van der Waals surface area contributed by atoms with Gasteiger partial charge in [-0.25, -0.2) is 4.39 Å². The van der Waals surface area contributed by atoms with Crippen LogP contribution in [0, 0.1) is 11.2 Å². The van der Waals surface area contributed by atoms with Crippen LogP contribution in [0.4, 0.5) is 4.39 Å². The normalized spacial score (nSPS) is 24.3. The first-order chi connectivity index (χ1) is 14.0. The van der Waals surface area contributed by atoms with Crippen LogP contribution < -0.4 is 5.46 Å². The molecule has 5 heteroatoms. The van der Waals surface area contributed by atoms with E-state index in [1.807, 2.05) is 27.7 Å². The molecule has 0 saturated carbocycles. The Bertz CT molecular complexity index is 1040. The van der Waals surface area contributed by atoms with E-state index >= 15 is 4.39 Å². The molecule has 1 saturated heterocycles. The monoisotopic (exact) mass is 423 g/mol. The zero-order valence-corrected chi connectivity index (χ0v) is 20.6. The van der Waals surface area contributed by atoms with Crippen LogP contribution >= 0.6 is 0 Å². The topological polar surface area (TPSA) is 31.4 Å². The second-order valence-corrected chi connectivity index (χ2v) is 11.8. The van der Waals surface area contributed by atoms with Crippen molar-refractivity contribution in [2.75, 3.05) is 0 Å². The lowest BCUT2D eigenvalue weighted by molar-refractivity contribution is 0.00578. The van der Waals surface area contributed by atoms with Crippen LogP contribution in [-0.2, 0) is 20.1 Å². The summed E-state index contributed by atoms with van der Waals surface area (Å²) in [6.07, 6.45) is 1.55. The summed E-state index contributed by atoms with van der Waals surface area (Å²) in [4.78, 5) is 4.60. The first-order valence-corrected chi connectivity index (χ1v) is 11.2. The highest BCUT2D eigenvalue weighted by atomic mass is 19.1. The van der Waals surface area contributed by atoms with Crippen molar-refractivity contribution in [1.29, 1.82) is 0 Å². The highest BCUT2D eigenvalue weighted by molar-refractivity contribution is 6.62. The van der Waals surface area contributed by atoms with E-state index in [-0.39, 0.29) is 22.1 Å². The molecule has 2 heterocycles. The van der Waals surface area contributed by atoms with E-state index in [0.717, 1.165) is 5.56 Å². The van der Waals surface area contributed by atoms with Crippen molar-refractivity contribution in [3.05, 3.63) is 47.4 Å². The van der Waals surface area contributed by atoms with Gasteiger partial charge in [0.2, 0.25) is 0 Å². The van der Waals surface area contributed by atoms with E-state index in [4.69, 9.17) is 9.31 Å². The maximum absolute atomic E-state index is 15.2. The fourth-order valence-electron chi connectivity index (χ4n) is 4.96. The van der Waals surface area contributed by atoms with Crippen LogP contribution in [0.1, 0.15) is 80.4 Å². The number of rotatable bonds is 2. The van der Waals surface area contributed by atoms with E-state index in [0.29, 0.717) is 11.2 Å². The number of benzene rings is 1. The fraction of sp³-hybridized carbons (Fsp3) is 0.577. The Morgan fingerprint density at radius 3 is 1.87 bits per heavy atom. The van der Waals surface area contributed by atoms with Gasteiger partial charge in [0, 0.05) is 17.2 Å². The molecular weight excluding hydrogens is 388 g/mol. The van der Waals surface area contributed by atoms with Gasteiger partial charge in [0.1, 0.15) is 5.82 Å². The first kappa shape index (κ1) is 22.5. The smallest absolute Gasteiger partial charge is 0.399 e. The van der Waals surface area contributed by atoms with Crippen LogP contribution in [0.15, 0.2) is 30.5 Å². The summed E-state index contributed by atoms with van der Waals surface area (Å²) in [6, 6.07) is 7.96. The maximum atomic E-state index is 15.2. The molecule has 31 heavy (non-hydrogen) atoms. The SMILES string of the molecule is CC1(C)OB(c2cnc(-c3ccc4c(c3)C(C)(C)C(C)(C)C4(C)C)cc2F)OC1(C)C. The van der Waals surface area contributed by atoms with Crippen molar-refractivity contribution in [2.45, 2.75) is 91.3 Å². The van der Waals surface area contributed by atoms with E-state index in [1.54, 1.807) is 6.20 Å². The molecular formula is C26H35BFNO2. The van der Waals surface area contributed by atoms with Crippen molar-refractivity contribution in [3.63, 3.8) is 0 Å². The van der Waals surface area contributed by atoms with E-state index in [1.165, 1.54) is 17.2 Å². The second-order valence-electron chi connectivity index (χ2n) is 11.8. The molecule has 0 amide bonds. The molecule has 1 aromatic carbocycles. The third-order valence-electron chi connectivity index (χ3n) is 9.18.